The molecule has 6 nitrogen and oxygen atoms in total. The minimum atomic E-state index is -3.52. The molecule has 1 aromatic rings. The van der Waals surface area contributed by atoms with Gasteiger partial charge in [-0.05, 0) is 24.6 Å². The number of morpholine rings is 1. The summed E-state index contributed by atoms with van der Waals surface area (Å²) in [6.45, 7) is 3.41. The van der Waals surface area contributed by atoms with Crippen LogP contribution < -0.4 is 10.5 Å². The minimum Gasteiger partial charge on any atom is -0.496 e. The highest BCUT2D eigenvalue weighted by Gasteiger charge is 2.30. The quantitative estimate of drug-likeness (QED) is 0.875. The van der Waals surface area contributed by atoms with E-state index in [2.05, 4.69) is 0 Å². The Morgan fingerprint density at radius 2 is 2.24 bits per heavy atom. The first-order valence-corrected chi connectivity index (χ1v) is 8.45. The highest BCUT2D eigenvalue weighted by atomic mass is 32.2. The van der Waals surface area contributed by atoms with E-state index in [-0.39, 0.29) is 17.5 Å². The normalized spacial score (nSPS) is 20.4. The molecule has 1 aromatic carbocycles. The summed E-state index contributed by atoms with van der Waals surface area (Å²) in [5.41, 5.74) is 6.33. The largest absolute Gasteiger partial charge is 0.496 e. The van der Waals surface area contributed by atoms with Crippen LogP contribution in [-0.4, -0.2) is 45.6 Å². The molecule has 0 radical (unpaired) electrons. The van der Waals surface area contributed by atoms with E-state index in [0.717, 1.165) is 6.42 Å². The zero-order chi connectivity index (χ0) is 15.5. The minimum absolute atomic E-state index is 0.0410. The predicted molar refractivity (Wildman–Crippen MR) is 79.7 cm³/mol. The fraction of sp³-hybridized carbons (Fsp3) is 0.571. The highest BCUT2D eigenvalue weighted by molar-refractivity contribution is 7.89. The highest BCUT2D eigenvalue weighted by Crippen LogP contribution is 2.25. The third kappa shape index (κ3) is 3.37. The summed E-state index contributed by atoms with van der Waals surface area (Å²) in [5.74, 6) is 0.602. The van der Waals surface area contributed by atoms with Gasteiger partial charge in [-0.1, -0.05) is 6.92 Å². The summed E-state index contributed by atoms with van der Waals surface area (Å²) in [4.78, 5) is 0.250. The van der Waals surface area contributed by atoms with Gasteiger partial charge in [0.15, 0.2) is 0 Å². The van der Waals surface area contributed by atoms with Crippen LogP contribution in [0.1, 0.15) is 18.9 Å². The molecule has 1 heterocycles. The molecule has 0 aromatic heterocycles. The number of ether oxygens (including phenoxy) is 2. The smallest absolute Gasteiger partial charge is 0.243 e. The molecule has 0 aliphatic carbocycles. The number of hydrogen-bond donors (Lipinski definition) is 1. The van der Waals surface area contributed by atoms with Crippen molar-refractivity contribution >= 4 is 10.0 Å². The van der Waals surface area contributed by atoms with Crippen molar-refractivity contribution in [3.63, 3.8) is 0 Å². The standard InChI is InChI=1S/C14H22N2O4S/c1-3-12-10-16(6-7-20-12)21(17,18)13-4-5-14(19-2)11(8-13)9-15/h4-5,8,12H,3,6-7,9-10,15H2,1-2H3. The van der Waals surface area contributed by atoms with E-state index >= 15 is 0 Å². The number of sulfonamides is 1. The van der Waals surface area contributed by atoms with E-state index in [1.807, 2.05) is 6.92 Å². The van der Waals surface area contributed by atoms with Crippen molar-refractivity contribution < 1.29 is 17.9 Å². The van der Waals surface area contributed by atoms with E-state index in [1.165, 1.54) is 11.4 Å². The van der Waals surface area contributed by atoms with Crippen molar-refractivity contribution in [1.29, 1.82) is 0 Å². The van der Waals surface area contributed by atoms with Gasteiger partial charge in [0.05, 0.1) is 24.7 Å². The Bertz CT molecular complexity index is 589. The predicted octanol–water partition coefficient (Wildman–Crippen LogP) is 0.953. The topological polar surface area (TPSA) is 81.9 Å². The molecule has 1 fully saturated rings. The van der Waals surface area contributed by atoms with Gasteiger partial charge in [-0.2, -0.15) is 4.31 Å². The first-order valence-electron chi connectivity index (χ1n) is 7.01. The Morgan fingerprint density at radius 3 is 2.86 bits per heavy atom. The van der Waals surface area contributed by atoms with Gasteiger partial charge in [-0.3, -0.25) is 0 Å². The molecule has 21 heavy (non-hydrogen) atoms. The van der Waals surface area contributed by atoms with Gasteiger partial charge in [0.25, 0.3) is 0 Å². The monoisotopic (exact) mass is 314 g/mol. The summed E-state index contributed by atoms with van der Waals surface area (Å²) in [6.07, 6.45) is 0.753. The average Bonchev–Trinajstić information content (AvgIpc) is 2.54. The van der Waals surface area contributed by atoms with Crippen LogP contribution in [0.5, 0.6) is 5.75 Å². The molecule has 7 heteroatoms. The zero-order valence-electron chi connectivity index (χ0n) is 12.4. The summed E-state index contributed by atoms with van der Waals surface area (Å²) < 4.78 is 37.6. The second-order valence-electron chi connectivity index (χ2n) is 4.94. The Morgan fingerprint density at radius 1 is 1.48 bits per heavy atom. The third-order valence-corrected chi connectivity index (χ3v) is 5.53. The number of nitrogens with zero attached hydrogens (tertiary/aromatic N) is 1. The molecule has 0 bridgehead atoms. The Kier molecular flexibility index (Phi) is 5.21. The van der Waals surface area contributed by atoms with E-state index in [1.54, 1.807) is 18.2 Å². The molecule has 1 aliphatic rings. The first-order chi connectivity index (χ1) is 10.0. The number of nitrogens with two attached hydrogens (primary N) is 1. The van der Waals surface area contributed by atoms with Gasteiger partial charge in [0.1, 0.15) is 5.75 Å². The summed E-state index contributed by atoms with van der Waals surface area (Å²) in [5, 5.41) is 0. The van der Waals surface area contributed by atoms with Crippen LogP contribution in [0.2, 0.25) is 0 Å². The molecule has 1 atom stereocenters. The number of rotatable bonds is 5. The number of benzene rings is 1. The third-order valence-electron chi connectivity index (χ3n) is 3.67. The van der Waals surface area contributed by atoms with Gasteiger partial charge < -0.3 is 15.2 Å². The maximum atomic E-state index is 12.7. The molecule has 1 saturated heterocycles. The second kappa shape index (κ2) is 6.74. The van der Waals surface area contributed by atoms with E-state index in [0.29, 0.717) is 31.0 Å². The van der Waals surface area contributed by atoms with Gasteiger partial charge in [-0.15, -0.1) is 0 Å². The van der Waals surface area contributed by atoms with E-state index in [9.17, 15) is 8.42 Å². The molecule has 1 unspecified atom stereocenters. The van der Waals surface area contributed by atoms with Crippen molar-refractivity contribution in [1.82, 2.24) is 4.31 Å². The Labute approximate surface area is 125 Å². The van der Waals surface area contributed by atoms with Crippen molar-refractivity contribution in [3.05, 3.63) is 23.8 Å². The lowest BCUT2D eigenvalue weighted by molar-refractivity contribution is -0.00278. The maximum Gasteiger partial charge on any atom is 0.243 e. The summed E-state index contributed by atoms with van der Waals surface area (Å²) in [7, 11) is -1.98. The van der Waals surface area contributed by atoms with Crippen molar-refractivity contribution in [2.75, 3.05) is 26.8 Å². The van der Waals surface area contributed by atoms with Gasteiger partial charge in [0.2, 0.25) is 10.0 Å². The van der Waals surface area contributed by atoms with Crippen LogP contribution in [0, 0.1) is 0 Å². The van der Waals surface area contributed by atoms with Crippen molar-refractivity contribution in [2.45, 2.75) is 30.9 Å². The van der Waals surface area contributed by atoms with Crippen LogP contribution in [0.4, 0.5) is 0 Å². The van der Waals surface area contributed by atoms with Crippen LogP contribution >= 0.6 is 0 Å². The van der Waals surface area contributed by atoms with Gasteiger partial charge in [0, 0.05) is 25.2 Å². The molecule has 2 N–H and O–H groups in total. The lowest BCUT2D eigenvalue weighted by Gasteiger charge is -2.31. The Balaban J connectivity index is 2.30. The van der Waals surface area contributed by atoms with Crippen LogP contribution in [-0.2, 0) is 21.3 Å². The molecule has 0 spiro atoms. The summed E-state index contributed by atoms with van der Waals surface area (Å²) in [6, 6.07) is 4.79. The second-order valence-corrected chi connectivity index (χ2v) is 6.88. The van der Waals surface area contributed by atoms with E-state index < -0.39 is 10.0 Å². The van der Waals surface area contributed by atoms with Gasteiger partial charge >= 0.3 is 0 Å². The molecular weight excluding hydrogens is 292 g/mol. The zero-order valence-corrected chi connectivity index (χ0v) is 13.2. The van der Waals surface area contributed by atoms with Crippen LogP contribution in [0.15, 0.2) is 23.1 Å². The van der Waals surface area contributed by atoms with Gasteiger partial charge in [-0.25, -0.2) is 8.42 Å². The maximum absolute atomic E-state index is 12.7. The molecule has 0 amide bonds. The molecule has 0 saturated carbocycles. The van der Waals surface area contributed by atoms with Crippen LogP contribution in [0.25, 0.3) is 0 Å². The molecular formula is C14H22N2O4S. The number of methoxy groups -OCH3 is 1. The SMILES string of the molecule is CCC1CN(S(=O)(=O)c2ccc(OC)c(CN)c2)CCO1. The summed E-state index contributed by atoms with van der Waals surface area (Å²) >= 11 is 0. The molecule has 1 aliphatic heterocycles. The molecule has 118 valence electrons. The lowest BCUT2D eigenvalue weighted by Crippen LogP contribution is -2.45. The lowest BCUT2D eigenvalue weighted by atomic mass is 10.2. The number of hydrogen-bond acceptors (Lipinski definition) is 5. The van der Waals surface area contributed by atoms with Crippen LogP contribution in [0.3, 0.4) is 0 Å². The van der Waals surface area contributed by atoms with Crippen molar-refractivity contribution in [2.24, 2.45) is 5.73 Å². The average molecular weight is 314 g/mol. The Hall–Kier alpha value is -1.15. The molecule has 2 rings (SSSR count). The first kappa shape index (κ1) is 16.2. The fourth-order valence-electron chi connectivity index (χ4n) is 2.38. The van der Waals surface area contributed by atoms with Crippen molar-refractivity contribution in [3.8, 4) is 5.75 Å². The fourth-order valence-corrected chi connectivity index (χ4v) is 3.89. The van der Waals surface area contributed by atoms with E-state index in [4.69, 9.17) is 15.2 Å².